The quantitative estimate of drug-likeness (QED) is 0.725. The molecule has 1 aromatic carbocycles. The van der Waals surface area contributed by atoms with Gasteiger partial charge in [0, 0.05) is 18.0 Å². The van der Waals surface area contributed by atoms with E-state index in [4.69, 9.17) is 9.15 Å². The number of rotatable bonds is 3. The molecule has 0 aliphatic rings. The maximum absolute atomic E-state index is 5.56. The van der Waals surface area contributed by atoms with Gasteiger partial charge >= 0.3 is 0 Å². The van der Waals surface area contributed by atoms with E-state index in [1.54, 1.807) is 25.8 Å². The molecule has 0 aliphatic carbocycles. The van der Waals surface area contributed by atoms with Crippen molar-refractivity contribution in [3.8, 4) is 28.5 Å². The van der Waals surface area contributed by atoms with Gasteiger partial charge in [0.15, 0.2) is 0 Å². The first-order valence-electron chi connectivity index (χ1n) is 6.29. The second-order valence-electron chi connectivity index (χ2n) is 4.46. The van der Waals surface area contributed by atoms with Gasteiger partial charge in [0.1, 0.15) is 17.7 Å². The summed E-state index contributed by atoms with van der Waals surface area (Å²) in [4.78, 5) is 8.63. The average Bonchev–Trinajstić information content (AvgIpc) is 2.97. The predicted octanol–water partition coefficient (Wildman–Crippen LogP) is 3.72. The largest absolute Gasteiger partial charge is 0.497 e. The SMILES string of the molecule is COc1ccc(-c2coc(-c3cnccc3C)n2)cc1. The van der Waals surface area contributed by atoms with Crippen LogP contribution >= 0.6 is 0 Å². The summed E-state index contributed by atoms with van der Waals surface area (Å²) in [6.07, 6.45) is 5.18. The highest BCUT2D eigenvalue weighted by Gasteiger charge is 2.10. The number of aryl methyl sites for hydroxylation is 1. The van der Waals surface area contributed by atoms with Crippen molar-refractivity contribution in [1.82, 2.24) is 9.97 Å². The topological polar surface area (TPSA) is 48.2 Å². The van der Waals surface area contributed by atoms with Crippen LogP contribution in [0.15, 0.2) is 53.4 Å². The maximum atomic E-state index is 5.56. The van der Waals surface area contributed by atoms with Crippen molar-refractivity contribution in [1.29, 1.82) is 0 Å². The number of ether oxygens (including phenoxy) is 1. The molecule has 20 heavy (non-hydrogen) atoms. The Morgan fingerprint density at radius 1 is 1.10 bits per heavy atom. The van der Waals surface area contributed by atoms with E-state index in [1.807, 2.05) is 37.3 Å². The first kappa shape index (κ1) is 12.4. The normalized spacial score (nSPS) is 10.5. The molecule has 0 amide bonds. The monoisotopic (exact) mass is 266 g/mol. The van der Waals surface area contributed by atoms with Crippen LogP contribution in [0.25, 0.3) is 22.7 Å². The lowest BCUT2D eigenvalue weighted by Crippen LogP contribution is -1.85. The zero-order valence-corrected chi connectivity index (χ0v) is 11.3. The van der Waals surface area contributed by atoms with E-state index in [1.165, 1.54) is 0 Å². The van der Waals surface area contributed by atoms with Gasteiger partial charge in [0.05, 0.1) is 12.7 Å². The van der Waals surface area contributed by atoms with Gasteiger partial charge in [0.2, 0.25) is 5.89 Å². The molecule has 0 unspecified atom stereocenters. The van der Waals surface area contributed by atoms with Crippen molar-refractivity contribution in [2.75, 3.05) is 7.11 Å². The fourth-order valence-corrected chi connectivity index (χ4v) is 1.98. The van der Waals surface area contributed by atoms with Gasteiger partial charge in [0.25, 0.3) is 0 Å². The lowest BCUT2D eigenvalue weighted by Gasteiger charge is -2.00. The molecule has 0 fully saturated rings. The van der Waals surface area contributed by atoms with E-state index in [0.29, 0.717) is 5.89 Å². The summed E-state index contributed by atoms with van der Waals surface area (Å²) in [6, 6.07) is 9.65. The number of hydrogen-bond donors (Lipinski definition) is 0. The first-order valence-corrected chi connectivity index (χ1v) is 6.29. The number of methoxy groups -OCH3 is 1. The summed E-state index contributed by atoms with van der Waals surface area (Å²) >= 11 is 0. The molecule has 3 aromatic rings. The zero-order chi connectivity index (χ0) is 13.9. The Bertz CT molecular complexity index is 717. The van der Waals surface area contributed by atoms with Crippen LogP contribution in [0, 0.1) is 6.92 Å². The van der Waals surface area contributed by atoms with Crippen LogP contribution in [0.4, 0.5) is 0 Å². The number of pyridine rings is 1. The Hall–Kier alpha value is -2.62. The predicted molar refractivity (Wildman–Crippen MR) is 76.5 cm³/mol. The van der Waals surface area contributed by atoms with E-state index >= 15 is 0 Å². The molecule has 0 bridgehead atoms. The van der Waals surface area contributed by atoms with Gasteiger partial charge in [-0.25, -0.2) is 4.98 Å². The molecule has 4 nitrogen and oxygen atoms in total. The van der Waals surface area contributed by atoms with E-state index in [0.717, 1.165) is 28.1 Å². The van der Waals surface area contributed by atoms with Crippen molar-refractivity contribution < 1.29 is 9.15 Å². The molecule has 100 valence electrons. The van der Waals surface area contributed by atoms with Crippen LogP contribution < -0.4 is 4.74 Å². The van der Waals surface area contributed by atoms with Crippen LogP contribution in [0.3, 0.4) is 0 Å². The van der Waals surface area contributed by atoms with Crippen LogP contribution in [0.2, 0.25) is 0 Å². The van der Waals surface area contributed by atoms with Gasteiger partial charge in [-0.2, -0.15) is 0 Å². The van der Waals surface area contributed by atoms with Crippen molar-refractivity contribution in [3.05, 3.63) is 54.6 Å². The minimum atomic E-state index is 0.585. The molecule has 0 aliphatic heterocycles. The van der Waals surface area contributed by atoms with Crippen molar-refractivity contribution in [2.24, 2.45) is 0 Å². The summed E-state index contributed by atoms with van der Waals surface area (Å²) in [5.74, 6) is 1.40. The van der Waals surface area contributed by atoms with Gasteiger partial charge < -0.3 is 9.15 Å². The summed E-state index contributed by atoms with van der Waals surface area (Å²) in [5.41, 5.74) is 3.78. The molecule has 0 saturated carbocycles. The average molecular weight is 266 g/mol. The van der Waals surface area contributed by atoms with Crippen LogP contribution in [0.5, 0.6) is 5.75 Å². The minimum Gasteiger partial charge on any atom is -0.497 e. The van der Waals surface area contributed by atoms with E-state index in [2.05, 4.69) is 9.97 Å². The molecular formula is C16H14N2O2. The Labute approximate surface area is 117 Å². The Kier molecular flexibility index (Phi) is 3.21. The molecule has 4 heteroatoms. The second-order valence-corrected chi connectivity index (χ2v) is 4.46. The third kappa shape index (κ3) is 2.28. The Balaban J connectivity index is 1.95. The fourth-order valence-electron chi connectivity index (χ4n) is 1.98. The van der Waals surface area contributed by atoms with Gasteiger partial charge in [-0.05, 0) is 42.8 Å². The number of benzene rings is 1. The second kappa shape index (κ2) is 5.17. The summed E-state index contributed by atoms with van der Waals surface area (Å²) in [7, 11) is 1.65. The first-order chi connectivity index (χ1) is 9.78. The van der Waals surface area contributed by atoms with E-state index in [-0.39, 0.29) is 0 Å². The van der Waals surface area contributed by atoms with Crippen LogP contribution in [-0.4, -0.2) is 17.1 Å². The highest BCUT2D eigenvalue weighted by molar-refractivity contribution is 5.64. The Morgan fingerprint density at radius 2 is 1.90 bits per heavy atom. The minimum absolute atomic E-state index is 0.585. The zero-order valence-electron chi connectivity index (χ0n) is 11.3. The Morgan fingerprint density at radius 3 is 2.60 bits per heavy atom. The lowest BCUT2D eigenvalue weighted by molar-refractivity contribution is 0.415. The molecule has 2 aromatic heterocycles. The van der Waals surface area contributed by atoms with Crippen LogP contribution in [-0.2, 0) is 0 Å². The number of oxazole rings is 1. The highest BCUT2D eigenvalue weighted by atomic mass is 16.5. The molecule has 0 atom stereocenters. The third-order valence-electron chi connectivity index (χ3n) is 3.16. The molecule has 0 saturated heterocycles. The fraction of sp³-hybridized carbons (Fsp3) is 0.125. The molecule has 3 rings (SSSR count). The maximum Gasteiger partial charge on any atom is 0.228 e. The number of aromatic nitrogens is 2. The summed E-state index contributed by atoms with van der Waals surface area (Å²) in [6.45, 7) is 2.01. The smallest absolute Gasteiger partial charge is 0.228 e. The van der Waals surface area contributed by atoms with Crippen LogP contribution in [0.1, 0.15) is 5.56 Å². The van der Waals surface area contributed by atoms with E-state index in [9.17, 15) is 0 Å². The molecule has 0 spiro atoms. The summed E-state index contributed by atoms with van der Waals surface area (Å²) < 4.78 is 10.7. The van der Waals surface area contributed by atoms with Gasteiger partial charge in [-0.15, -0.1) is 0 Å². The molecule has 0 radical (unpaired) electrons. The molecule has 0 N–H and O–H groups in total. The standard InChI is InChI=1S/C16H14N2O2/c1-11-7-8-17-9-14(11)16-18-15(10-20-16)12-3-5-13(19-2)6-4-12/h3-10H,1-2H3. The van der Waals surface area contributed by atoms with Gasteiger partial charge in [-0.1, -0.05) is 0 Å². The molecule has 2 heterocycles. The molecular weight excluding hydrogens is 252 g/mol. The van der Waals surface area contributed by atoms with Crippen molar-refractivity contribution in [3.63, 3.8) is 0 Å². The third-order valence-corrected chi connectivity index (χ3v) is 3.16. The van der Waals surface area contributed by atoms with Crippen molar-refractivity contribution >= 4 is 0 Å². The summed E-state index contributed by atoms with van der Waals surface area (Å²) in [5, 5.41) is 0. The lowest BCUT2D eigenvalue weighted by atomic mass is 10.1. The van der Waals surface area contributed by atoms with E-state index < -0.39 is 0 Å². The highest BCUT2D eigenvalue weighted by Crippen LogP contribution is 2.27. The number of nitrogens with zero attached hydrogens (tertiary/aromatic N) is 2. The van der Waals surface area contributed by atoms with Gasteiger partial charge in [-0.3, -0.25) is 4.98 Å². The number of hydrogen-bond acceptors (Lipinski definition) is 4. The van der Waals surface area contributed by atoms with Crippen molar-refractivity contribution in [2.45, 2.75) is 6.92 Å².